The van der Waals surface area contributed by atoms with Crippen LogP contribution in [0.15, 0.2) is 18.2 Å². The fraction of sp³-hybridized carbons (Fsp3) is 0.556. The van der Waals surface area contributed by atoms with Crippen molar-refractivity contribution in [1.29, 1.82) is 5.26 Å². The molecule has 2 rings (SSSR count). The molecule has 0 saturated carbocycles. The molecular weight excluding hydrogens is 306 g/mol. The van der Waals surface area contributed by atoms with Crippen LogP contribution in [0.5, 0.6) is 5.75 Å². The third-order valence-electron chi connectivity index (χ3n) is 4.00. The quantitative estimate of drug-likeness (QED) is 0.802. The van der Waals surface area contributed by atoms with Gasteiger partial charge in [-0.25, -0.2) is 4.79 Å². The third-order valence-corrected chi connectivity index (χ3v) is 4.00. The van der Waals surface area contributed by atoms with E-state index in [9.17, 15) is 4.79 Å². The summed E-state index contributed by atoms with van der Waals surface area (Å²) in [4.78, 5) is 12.1. The second-order valence-electron chi connectivity index (χ2n) is 6.01. The second-order valence-corrected chi connectivity index (χ2v) is 6.01. The Hall–Kier alpha value is -2.26. The zero-order valence-corrected chi connectivity index (χ0v) is 14.3. The van der Waals surface area contributed by atoms with Gasteiger partial charge in [-0.05, 0) is 43.9 Å². The number of aryl methyl sites for hydroxylation is 1. The molecule has 1 aliphatic heterocycles. The molecule has 1 aromatic carbocycles. The van der Waals surface area contributed by atoms with Crippen LogP contribution in [-0.4, -0.2) is 31.4 Å². The standard InChI is InChI=1S/C18H25N3O3/c1-3-14(8-9-19)20-18(22)21-16-7-6-13(2)11-17(16)24-12-15-5-4-10-23-15/h6-7,11,14-15H,3-5,8,10,12H2,1-2H3,(H2,20,21,22)/t14-,15+/m0/s1. The topological polar surface area (TPSA) is 83.4 Å². The van der Waals surface area contributed by atoms with Gasteiger partial charge in [0.2, 0.25) is 0 Å². The molecule has 1 fully saturated rings. The molecule has 6 heteroatoms. The number of ether oxygens (including phenoxy) is 2. The summed E-state index contributed by atoms with van der Waals surface area (Å²) < 4.78 is 11.4. The summed E-state index contributed by atoms with van der Waals surface area (Å²) in [6.07, 6.45) is 3.18. The monoisotopic (exact) mass is 331 g/mol. The van der Waals surface area contributed by atoms with Crippen LogP contribution in [0, 0.1) is 18.3 Å². The molecule has 2 amide bonds. The number of hydrogen-bond donors (Lipinski definition) is 2. The van der Waals surface area contributed by atoms with E-state index in [0.717, 1.165) is 25.0 Å². The zero-order chi connectivity index (χ0) is 17.4. The van der Waals surface area contributed by atoms with Crippen LogP contribution in [0.25, 0.3) is 0 Å². The maximum atomic E-state index is 12.1. The van der Waals surface area contributed by atoms with Crippen LogP contribution in [0.4, 0.5) is 10.5 Å². The van der Waals surface area contributed by atoms with Crippen molar-refractivity contribution in [2.75, 3.05) is 18.5 Å². The van der Waals surface area contributed by atoms with Crippen molar-refractivity contribution in [3.63, 3.8) is 0 Å². The Balaban J connectivity index is 1.97. The Morgan fingerprint density at radius 3 is 3.04 bits per heavy atom. The molecule has 130 valence electrons. The number of nitrogens with one attached hydrogen (secondary N) is 2. The number of anilines is 1. The fourth-order valence-corrected chi connectivity index (χ4v) is 2.56. The van der Waals surface area contributed by atoms with E-state index >= 15 is 0 Å². The molecule has 2 atom stereocenters. The van der Waals surface area contributed by atoms with Gasteiger partial charge in [0.25, 0.3) is 0 Å². The smallest absolute Gasteiger partial charge is 0.319 e. The van der Waals surface area contributed by atoms with Crippen molar-refractivity contribution in [2.45, 2.75) is 51.7 Å². The minimum absolute atomic E-state index is 0.118. The van der Waals surface area contributed by atoms with E-state index in [1.807, 2.05) is 32.0 Å². The minimum Gasteiger partial charge on any atom is -0.489 e. The SMILES string of the molecule is CC[C@@H](CC#N)NC(=O)Nc1ccc(C)cc1OC[C@H]1CCCO1. The molecule has 0 radical (unpaired) electrons. The van der Waals surface area contributed by atoms with Crippen molar-refractivity contribution in [1.82, 2.24) is 5.32 Å². The Morgan fingerprint density at radius 2 is 2.38 bits per heavy atom. The predicted octanol–water partition coefficient (Wildman–Crippen LogP) is 3.37. The van der Waals surface area contributed by atoms with Crippen LogP contribution in [0.2, 0.25) is 0 Å². The van der Waals surface area contributed by atoms with E-state index in [2.05, 4.69) is 16.7 Å². The lowest BCUT2D eigenvalue weighted by Crippen LogP contribution is -2.37. The molecule has 0 spiro atoms. The number of nitriles is 1. The van der Waals surface area contributed by atoms with Crippen LogP contribution in [0.1, 0.15) is 38.2 Å². The number of urea groups is 1. The van der Waals surface area contributed by atoms with Gasteiger partial charge in [-0.2, -0.15) is 5.26 Å². The van der Waals surface area contributed by atoms with Gasteiger partial charge in [-0.1, -0.05) is 13.0 Å². The third kappa shape index (κ3) is 5.43. The van der Waals surface area contributed by atoms with Gasteiger partial charge in [-0.3, -0.25) is 0 Å². The van der Waals surface area contributed by atoms with Gasteiger partial charge >= 0.3 is 6.03 Å². The highest BCUT2D eigenvalue weighted by molar-refractivity contribution is 5.91. The van der Waals surface area contributed by atoms with Crippen LogP contribution < -0.4 is 15.4 Å². The van der Waals surface area contributed by atoms with E-state index in [4.69, 9.17) is 14.7 Å². The number of carbonyl (C=O) groups is 1. The van der Waals surface area contributed by atoms with Crippen molar-refractivity contribution < 1.29 is 14.3 Å². The first-order valence-corrected chi connectivity index (χ1v) is 8.42. The average molecular weight is 331 g/mol. The molecule has 6 nitrogen and oxygen atoms in total. The molecule has 0 bridgehead atoms. The summed E-state index contributed by atoms with van der Waals surface area (Å²) in [5.74, 6) is 0.633. The minimum atomic E-state index is -0.331. The molecule has 0 aromatic heterocycles. The zero-order valence-electron chi connectivity index (χ0n) is 14.3. The van der Waals surface area contributed by atoms with E-state index in [1.165, 1.54) is 0 Å². The van der Waals surface area contributed by atoms with Gasteiger partial charge in [0.15, 0.2) is 0 Å². The largest absolute Gasteiger partial charge is 0.489 e. The number of rotatable bonds is 7. The average Bonchev–Trinajstić information content (AvgIpc) is 3.08. The lowest BCUT2D eigenvalue weighted by molar-refractivity contribution is 0.0682. The predicted molar refractivity (Wildman–Crippen MR) is 92.1 cm³/mol. The summed E-state index contributed by atoms with van der Waals surface area (Å²) in [6, 6.07) is 7.23. The van der Waals surface area contributed by atoms with Gasteiger partial charge in [0.1, 0.15) is 12.4 Å². The molecule has 24 heavy (non-hydrogen) atoms. The molecule has 1 aromatic rings. The molecular formula is C18H25N3O3. The highest BCUT2D eigenvalue weighted by Crippen LogP contribution is 2.27. The normalized spacial score (nSPS) is 17.8. The first-order valence-electron chi connectivity index (χ1n) is 8.42. The highest BCUT2D eigenvalue weighted by atomic mass is 16.5. The second kappa shape index (κ2) is 9.14. The molecule has 1 heterocycles. The Morgan fingerprint density at radius 1 is 1.54 bits per heavy atom. The molecule has 1 aliphatic rings. The fourth-order valence-electron chi connectivity index (χ4n) is 2.56. The van der Waals surface area contributed by atoms with Crippen LogP contribution in [0.3, 0.4) is 0 Å². The summed E-state index contributed by atoms with van der Waals surface area (Å²) in [7, 11) is 0. The Labute approximate surface area is 143 Å². The number of amides is 2. The van der Waals surface area contributed by atoms with E-state index < -0.39 is 0 Å². The van der Waals surface area contributed by atoms with Crippen molar-refractivity contribution in [3.05, 3.63) is 23.8 Å². The molecule has 0 unspecified atom stereocenters. The Kier molecular flexibility index (Phi) is 6.89. The van der Waals surface area contributed by atoms with Gasteiger partial charge in [0, 0.05) is 12.6 Å². The lowest BCUT2D eigenvalue weighted by atomic mass is 10.2. The maximum absolute atomic E-state index is 12.1. The van der Waals surface area contributed by atoms with Crippen LogP contribution in [-0.2, 0) is 4.74 Å². The molecule has 0 aliphatic carbocycles. The first-order chi connectivity index (χ1) is 11.6. The van der Waals surface area contributed by atoms with Gasteiger partial charge < -0.3 is 20.1 Å². The number of nitrogens with zero attached hydrogens (tertiary/aromatic N) is 1. The van der Waals surface area contributed by atoms with Crippen molar-refractivity contribution >= 4 is 11.7 Å². The maximum Gasteiger partial charge on any atom is 0.319 e. The van der Waals surface area contributed by atoms with Crippen molar-refractivity contribution in [2.24, 2.45) is 0 Å². The summed E-state index contributed by atoms with van der Waals surface area (Å²) in [5, 5.41) is 14.4. The van der Waals surface area contributed by atoms with E-state index in [0.29, 0.717) is 30.9 Å². The van der Waals surface area contributed by atoms with E-state index in [-0.39, 0.29) is 18.2 Å². The highest BCUT2D eigenvalue weighted by Gasteiger charge is 2.18. The summed E-state index contributed by atoms with van der Waals surface area (Å²) >= 11 is 0. The summed E-state index contributed by atoms with van der Waals surface area (Å²) in [6.45, 7) is 5.17. The number of benzene rings is 1. The molecule has 1 saturated heterocycles. The van der Waals surface area contributed by atoms with Gasteiger partial charge in [0.05, 0.1) is 24.3 Å². The van der Waals surface area contributed by atoms with Gasteiger partial charge in [-0.15, -0.1) is 0 Å². The Bertz CT molecular complexity index is 592. The number of hydrogen-bond acceptors (Lipinski definition) is 4. The first kappa shape index (κ1) is 18.1. The lowest BCUT2D eigenvalue weighted by Gasteiger charge is -2.18. The van der Waals surface area contributed by atoms with Crippen molar-refractivity contribution in [3.8, 4) is 11.8 Å². The van der Waals surface area contributed by atoms with Crippen LogP contribution >= 0.6 is 0 Å². The molecule has 2 N–H and O–H groups in total. The number of carbonyl (C=O) groups excluding carboxylic acids is 1. The van der Waals surface area contributed by atoms with E-state index in [1.54, 1.807) is 0 Å². The summed E-state index contributed by atoms with van der Waals surface area (Å²) in [5.41, 5.74) is 1.67.